The lowest BCUT2D eigenvalue weighted by molar-refractivity contribution is -0.137. The Hall–Kier alpha value is -4.80. The number of aromatic nitrogens is 2. The van der Waals surface area contributed by atoms with Gasteiger partial charge in [-0.25, -0.2) is 22.9 Å². The lowest BCUT2D eigenvalue weighted by Crippen LogP contribution is -2.20. The van der Waals surface area contributed by atoms with Gasteiger partial charge in [0.15, 0.2) is 17.5 Å². The molecule has 0 unspecified atom stereocenters. The lowest BCUT2D eigenvalue weighted by atomic mass is 10.0. The van der Waals surface area contributed by atoms with E-state index in [1.807, 2.05) is 12.1 Å². The molecule has 0 saturated heterocycles. The van der Waals surface area contributed by atoms with Crippen LogP contribution in [0.1, 0.15) is 5.56 Å². The van der Waals surface area contributed by atoms with E-state index in [-0.39, 0.29) is 5.52 Å². The van der Waals surface area contributed by atoms with Gasteiger partial charge in [-0.05, 0) is 53.6 Å². The number of anilines is 2. The van der Waals surface area contributed by atoms with Crippen molar-refractivity contribution in [1.82, 2.24) is 9.97 Å². The molecule has 0 aliphatic heterocycles. The third-order valence-corrected chi connectivity index (χ3v) is 5.73. The molecule has 4 aromatic carbocycles. The Morgan fingerprint density at radius 1 is 0.737 bits per heavy atom. The predicted octanol–water partition coefficient (Wildman–Crippen LogP) is 7.98. The van der Waals surface area contributed by atoms with E-state index in [0.29, 0.717) is 28.7 Å². The van der Waals surface area contributed by atoms with Crippen LogP contribution in [0.15, 0.2) is 78.9 Å². The second-order valence-electron chi connectivity index (χ2n) is 8.27. The van der Waals surface area contributed by atoms with Crippen LogP contribution in [0.2, 0.25) is 0 Å². The van der Waals surface area contributed by atoms with Crippen molar-refractivity contribution in [3.8, 4) is 22.5 Å². The number of alkyl halides is 3. The Morgan fingerprint density at radius 2 is 1.37 bits per heavy atom. The first-order valence-electron chi connectivity index (χ1n) is 11.1. The highest BCUT2D eigenvalue weighted by Crippen LogP contribution is 2.32. The van der Waals surface area contributed by atoms with E-state index in [1.165, 1.54) is 6.07 Å². The summed E-state index contributed by atoms with van der Waals surface area (Å²) in [5.74, 6) is -4.13. The topological polar surface area (TPSA) is 69.8 Å². The maximum absolute atomic E-state index is 13.7. The lowest BCUT2D eigenvalue weighted by Gasteiger charge is -2.10. The van der Waals surface area contributed by atoms with Crippen LogP contribution in [0.4, 0.5) is 42.5 Å². The summed E-state index contributed by atoms with van der Waals surface area (Å²) < 4.78 is 79.0. The number of nitrogens with one attached hydrogen (secondary N) is 3. The van der Waals surface area contributed by atoms with E-state index in [0.717, 1.165) is 29.3 Å². The quantitative estimate of drug-likeness (QED) is 0.164. The molecule has 5 nitrogen and oxygen atoms in total. The van der Waals surface area contributed by atoms with E-state index in [4.69, 9.17) is 0 Å². The predicted molar refractivity (Wildman–Crippen MR) is 131 cm³/mol. The van der Waals surface area contributed by atoms with Crippen molar-refractivity contribution < 1.29 is 31.1 Å². The first-order chi connectivity index (χ1) is 18.1. The first-order valence-corrected chi connectivity index (χ1v) is 11.1. The average Bonchev–Trinajstić information content (AvgIpc) is 3.33. The van der Waals surface area contributed by atoms with E-state index in [1.54, 1.807) is 36.4 Å². The zero-order valence-corrected chi connectivity index (χ0v) is 19.1. The number of benzene rings is 4. The summed E-state index contributed by atoms with van der Waals surface area (Å²) in [6, 6.07) is 17.9. The number of amides is 2. The molecule has 0 fully saturated rings. The number of hydrogen-bond acceptors (Lipinski definition) is 2. The molecule has 192 valence electrons. The number of nitrogens with zero attached hydrogens (tertiary/aromatic N) is 1. The molecule has 2 amide bonds. The molecule has 1 heterocycles. The van der Waals surface area contributed by atoms with Gasteiger partial charge >= 0.3 is 12.2 Å². The van der Waals surface area contributed by atoms with Crippen LogP contribution in [-0.2, 0) is 6.18 Å². The van der Waals surface area contributed by atoms with Gasteiger partial charge in [0.05, 0.1) is 22.3 Å². The summed E-state index contributed by atoms with van der Waals surface area (Å²) in [5, 5.41) is 4.59. The van der Waals surface area contributed by atoms with Crippen LogP contribution in [0.5, 0.6) is 0 Å². The van der Waals surface area contributed by atoms with Crippen molar-refractivity contribution in [1.29, 1.82) is 0 Å². The van der Waals surface area contributed by atoms with E-state index >= 15 is 0 Å². The number of fused-ring (bicyclic) bond motifs is 1. The van der Waals surface area contributed by atoms with Gasteiger partial charge in [-0.3, -0.25) is 0 Å². The van der Waals surface area contributed by atoms with Gasteiger partial charge in [0, 0.05) is 11.3 Å². The summed E-state index contributed by atoms with van der Waals surface area (Å²) in [6.07, 6.45) is -4.45. The summed E-state index contributed by atoms with van der Waals surface area (Å²) in [7, 11) is 0. The Bertz CT molecular complexity index is 1640. The zero-order chi connectivity index (χ0) is 27.0. The largest absolute Gasteiger partial charge is 0.416 e. The summed E-state index contributed by atoms with van der Waals surface area (Å²) in [6.45, 7) is 0. The second kappa shape index (κ2) is 9.58. The Kier molecular flexibility index (Phi) is 6.27. The fourth-order valence-electron chi connectivity index (χ4n) is 3.80. The highest BCUT2D eigenvalue weighted by atomic mass is 19.4. The SMILES string of the molecule is O=C(Nc1ccc(-c2ccc(-c3nc4ccc(C(F)(F)F)cc4[nH]3)cc2)cc1)Nc1ccc(F)c(F)c1F. The Labute approximate surface area is 211 Å². The van der Waals surface area contributed by atoms with Gasteiger partial charge < -0.3 is 15.6 Å². The van der Waals surface area contributed by atoms with Gasteiger partial charge in [0.2, 0.25) is 0 Å². The van der Waals surface area contributed by atoms with E-state index in [9.17, 15) is 31.1 Å². The van der Waals surface area contributed by atoms with E-state index < -0.39 is 40.9 Å². The van der Waals surface area contributed by atoms with Crippen LogP contribution < -0.4 is 10.6 Å². The van der Waals surface area contributed by atoms with Crippen molar-refractivity contribution in [2.45, 2.75) is 6.18 Å². The maximum Gasteiger partial charge on any atom is 0.416 e. The molecule has 0 atom stereocenters. The Morgan fingerprint density at radius 3 is 2.03 bits per heavy atom. The number of aromatic amines is 1. The fraction of sp³-hybridized carbons (Fsp3) is 0.0370. The van der Waals surface area contributed by atoms with Gasteiger partial charge in [-0.15, -0.1) is 0 Å². The molecule has 38 heavy (non-hydrogen) atoms. The van der Waals surface area contributed by atoms with Crippen molar-refractivity contribution >= 4 is 28.4 Å². The number of halogens is 6. The van der Waals surface area contributed by atoms with Crippen molar-refractivity contribution in [3.63, 3.8) is 0 Å². The van der Waals surface area contributed by atoms with Crippen LogP contribution >= 0.6 is 0 Å². The Balaban J connectivity index is 1.27. The molecule has 0 aliphatic carbocycles. The highest BCUT2D eigenvalue weighted by molar-refractivity contribution is 6.00. The fourth-order valence-corrected chi connectivity index (χ4v) is 3.80. The van der Waals surface area contributed by atoms with Crippen molar-refractivity contribution in [2.75, 3.05) is 10.6 Å². The molecule has 1 aromatic heterocycles. The standard InChI is InChI=1S/C27H16F6N4O/c28-19-10-12-21(24(30)23(19)29)37-26(38)34-18-8-5-15(6-9-18)14-1-3-16(4-2-14)25-35-20-11-7-17(27(31,32)33)13-22(20)36-25/h1-13H,(H,35,36)(H2,34,37,38). The molecule has 0 radical (unpaired) electrons. The molecular weight excluding hydrogens is 510 g/mol. The number of imidazole rings is 1. The van der Waals surface area contributed by atoms with Crippen molar-refractivity contribution in [2.24, 2.45) is 0 Å². The molecule has 0 spiro atoms. The minimum Gasteiger partial charge on any atom is -0.338 e. The smallest absolute Gasteiger partial charge is 0.338 e. The minimum absolute atomic E-state index is 0.276. The summed E-state index contributed by atoms with van der Waals surface area (Å²) >= 11 is 0. The molecule has 0 bridgehead atoms. The molecule has 11 heteroatoms. The molecule has 0 saturated carbocycles. The number of urea groups is 1. The first kappa shape index (κ1) is 24.9. The summed E-state index contributed by atoms with van der Waals surface area (Å²) in [4.78, 5) is 19.4. The molecular formula is C27H16F6N4O. The highest BCUT2D eigenvalue weighted by Gasteiger charge is 2.30. The molecule has 0 aliphatic rings. The number of carbonyl (C=O) groups excluding carboxylic acids is 1. The minimum atomic E-state index is -4.45. The van der Waals surface area contributed by atoms with E-state index in [2.05, 4.69) is 20.6 Å². The molecule has 5 rings (SSSR count). The van der Waals surface area contributed by atoms with Crippen LogP contribution in [0, 0.1) is 17.5 Å². The number of hydrogen-bond donors (Lipinski definition) is 3. The van der Waals surface area contributed by atoms with Gasteiger partial charge in [0.1, 0.15) is 5.82 Å². The summed E-state index contributed by atoms with van der Waals surface area (Å²) in [5.41, 5.74) is 2.09. The number of H-pyrrole nitrogens is 1. The van der Waals surface area contributed by atoms with Crippen LogP contribution in [-0.4, -0.2) is 16.0 Å². The maximum atomic E-state index is 13.7. The average molecular weight is 526 g/mol. The number of rotatable bonds is 4. The molecule has 3 N–H and O–H groups in total. The monoisotopic (exact) mass is 526 g/mol. The van der Waals surface area contributed by atoms with Gasteiger partial charge in [0.25, 0.3) is 0 Å². The van der Waals surface area contributed by atoms with Gasteiger partial charge in [-0.1, -0.05) is 36.4 Å². The molecule has 5 aromatic rings. The van der Waals surface area contributed by atoms with Crippen molar-refractivity contribution in [3.05, 3.63) is 102 Å². The third kappa shape index (κ3) is 5.03. The second-order valence-corrected chi connectivity index (χ2v) is 8.27. The normalized spacial score (nSPS) is 11.5. The van der Waals surface area contributed by atoms with Crippen LogP contribution in [0.25, 0.3) is 33.5 Å². The van der Waals surface area contributed by atoms with Gasteiger partial charge in [-0.2, -0.15) is 13.2 Å². The number of carbonyl (C=O) groups is 1. The third-order valence-electron chi connectivity index (χ3n) is 5.73. The van der Waals surface area contributed by atoms with Crippen LogP contribution in [0.3, 0.4) is 0 Å². The zero-order valence-electron chi connectivity index (χ0n) is 19.1.